The topological polar surface area (TPSA) is 122 Å². The van der Waals surface area contributed by atoms with Crippen LogP contribution in [0.15, 0.2) is 102 Å². The number of anilines is 2. The molecule has 5 aromatic rings. The lowest BCUT2D eigenvalue weighted by atomic mass is 10.0. The van der Waals surface area contributed by atoms with E-state index in [0.717, 1.165) is 10.9 Å². The van der Waals surface area contributed by atoms with Gasteiger partial charge in [0, 0.05) is 41.8 Å². The van der Waals surface area contributed by atoms with Crippen molar-refractivity contribution in [3.8, 4) is 22.6 Å². The van der Waals surface area contributed by atoms with Crippen LogP contribution < -0.4 is 14.5 Å². The predicted octanol–water partition coefficient (Wildman–Crippen LogP) is 5.81. The fourth-order valence-electron chi connectivity index (χ4n) is 6.06. The van der Waals surface area contributed by atoms with Gasteiger partial charge in [-0.05, 0) is 60.5 Å². The molecule has 258 valence electrons. The normalized spacial score (nSPS) is 13.2. The highest BCUT2D eigenvalue weighted by atomic mass is 32.2. The average molecular weight is 705 g/mol. The van der Waals surface area contributed by atoms with Crippen LogP contribution in [0.25, 0.3) is 16.8 Å². The Morgan fingerprint density at radius 1 is 0.980 bits per heavy atom. The molecule has 1 aliphatic rings. The van der Waals surface area contributed by atoms with E-state index in [0.29, 0.717) is 22.5 Å². The van der Waals surface area contributed by atoms with Gasteiger partial charge in [-0.2, -0.15) is 18.3 Å². The van der Waals surface area contributed by atoms with Gasteiger partial charge in [-0.1, -0.05) is 48.5 Å². The summed E-state index contributed by atoms with van der Waals surface area (Å²) in [5, 5.41) is 13.7. The number of carbonyl (C=O) groups is 2. The molecule has 6 rings (SSSR count). The van der Waals surface area contributed by atoms with E-state index in [2.05, 4.69) is 5.10 Å². The van der Waals surface area contributed by atoms with Crippen LogP contribution in [-0.4, -0.2) is 68.2 Å². The number of methoxy groups -OCH3 is 1. The number of ether oxygens (including phenoxy) is 1. The number of carbonyl (C=O) groups excluding carboxylic acids is 2. The van der Waals surface area contributed by atoms with Crippen molar-refractivity contribution in [2.24, 2.45) is 0 Å². The molecule has 1 aromatic heterocycles. The average Bonchev–Trinajstić information content (AvgIpc) is 3.52. The number of sulfone groups is 1. The van der Waals surface area contributed by atoms with Crippen LogP contribution in [0.5, 0.6) is 5.75 Å². The number of aliphatic hydroxyl groups is 1. The first-order chi connectivity index (χ1) is 23.8. The van der Waals surface area contributed by atoms with Crippen LogP contribution >= 0.6 is 0 Å². The van der Waals surface area contributed by atoms with Gasteiger partial charge in [0.2, 0.25) is 0 Å². The minimum Gasteiger partial charge on any atom is -0.497 e. The summed E-state index contributed by atoms with van der Waals surface area (Å²) in [5.41, 5.74) is -0.276. The smallest absolute Gasteiger partial charge is 0.435 e. The summed E-state index contributed by atoms with van der Waals surface area (Å²) in [6.45, 7) is -0.615. The van der Waals surface area contributed by atoms with Gasteiger partial charge in [-0.15, -0.1) is 0 Å². The van der Waals surface area contributed by atoms with E-state index >= 15 is 0 Å². The summed E-state index contributed by atoms with van der Waals surface area (Å²) >= 11 is 0. The number of fused-ring (bicyclic) bond motifs is 1. The van der Waals surface area contributed by atoms with E-state index in [-0.39, 0.29) is 52.7 Å². The number of benzene rings is 4. The van der Waals surface area contributed by atoms with E-state index in [1.54, 1.807) is 72.8 Å². The molecule has 4 aromatic carbocycles. The van der Waals surface area contributed by atoms with Crippen molar-refractivity contribution in [1.82, 2.24) is 9.78 Å². The number of para-hydroxylation sites is 1. The number of rotatable bonds is 9. The maximum absolute atomic E-state index is 14.4. The molecule has 50 heavy (non-hydrogen) atoms. The Morgan fingerprint density at radius 2 is 1.66 bits per heavy atom. The van der Waals surface area contributed by atoms with E-state index in [1.807, 2.05) is 0 Å². The van der Waals surface area contributed by atoms with Crippen molar-refractivity contribution in [2.45, 2.75) is 17.5 Å². The molecule has 0 saturated heterocycles. The first-order valence-corrected chi connectivity index (χ1v) is 17.3. The summed E-state index contributed by atoms with van der Waals surface area (Å²) < 4.78 is 74.3. The zero-order chi connectivity index (χ0) is 35.8. The largest absolute Gasteiger partial charge is 0.497 e. The minimum absolute atomic E-state index is 0.0907. The summed E-state index contributed by atoms with van der Waals surface area (Å²) in [6.07, 6.45) is -3.99. The summed E-state index contributed by atoms with van der Waals surface area (Å²) in [6, 6.07) is 25.5. The Labute approximate surface area is 285 Å². The highest BCUT2D eigenvalue weighted by molar-refractivity contribution is 7.90. The molecule has 1 aliphatic heterocycles. The van der Waals surface area contributed by atoms with Gasteiger partial charge in [-0.25, -0.2) is 13.1 Å². The molecule has 0 saturated carbocycles. The van der Waals surface area contributed by atoms with Crippen LogP contribution in [0, 0.1) is 0 Å². The Bertz CT molecular complexity index is 2190. The second-order valence-electron chi connectivity index (χ2n) is 11.5. The number of hydrogen-bond acceptors (Lipinski definition) is 7. The van der Waals surface area contributed by atoms with Crippen LogP contribution in [0.4, 0.5) is 24.5 Å². The van der Waals surface area contributed by atoms with Crippen LogP contribution in [-0.2, 0) is 22.4 Å². The minimum atomic E-state index is -4.91. The number of hydrogen-bond donors (Lipinski definition) is 1. The number of halogens is 3. The van der Waals surface area contributed by atoms with E-state index in [9.17, 15) is 36.3 Å². The molecular weight excluding hydrogens is 673 g/mol. The molecule has 14 heteroatoms. The predicted molar refractivity (Wildman–Crippen MR) is 181 cm³/mol. The van der Waals surface area contributed by atoms with Crippen LogP contribution in [0.2, 0.25) is 0 Å². The van der Waals surface area contributed by atoms with E-state index in [1.165, 1.54) is 41.2 Å². The molecule has 2 amide bonds. The standard InChI is InChI=1S/C36H31F3N4O6S/c1-49-26-16-17-30(29(22-26)34(45)42(20-21-44)24-8-4-3-5-9-24)43-32-28(33(40-43)36(37,38)39)18-19-41(35(32)46)25-14-12-23(13-15-25)27-10-6-7-11-31(27)50(2,47)48/h3-17,22,44H,18-21H2,1-2H3. The highest BCUT2D eigenvalue weighted by Gasteiger charge is 2.44. The van der Waals surface area contributed by atoms with Gasteiger partial charge in [0.1, 0.15) is 11.4 Å². The third-order valence-corrected chi connectivity index (χ3v) is 9.52. The Morgan fingerprint density at radius 3 is 2.30 bits per heavy atom. The van der Waals surface area contributed by atoms with E-state index in [4.69, 9.17) is 4.74 Å². The molecule has 0 spiro atoms. The molecular formula is C36H31F3N4O6S. The monoisotopic (exact) mass is 704 g/mol. The van der Waals surface area contributed by atoms with Gasteiger partial charge in [-0.3, -0.25) is 9.59 Å². The van der Waals surface area contributed by atoms with Gasteiger partial charge >= 0.3 is 6.18 Å². The van der Waals surface area contributed by atoms with Crippen molar-refractivity contribution in [3.63, 3.8) is 0 Å². The molecule has 0 fully saturated rings. The molecule has 0 radical (unpaired) electrons. The number of nitrogens with zero attached hydrogens (tertiary/aromatic N) is 4. The fraction of sp³-hybridized carbons (Fsp3) is 0.194. The molecule has 2 heterocycles. The van der Waals surface area contributed by atoms with Crippen molar-refractivity contribution in [1.29, 1.82) is 0 Å². The van der Waals surface area contributed by atoms with Crippen molar-refractivity contribution in [2.75, 3.05) is 42.9 Å². The lowest BCUT2D eigenvalue weighted by Crippen LogP contribution is -2.39. The lowest BCUT2D eigenvalue weighted by Gasteiger charge is -2.28. The van der Waals surface area contributed by atoms with Crippen molar-refractivity contribution < 1.29 is 41.0 Å². The van der Waals surface area contributed by atoms with Crippen LogP contribution in [0.1, 0.15) is 32.1 Å². The molecule has 0 aliphatic carbocycles. The third kappa shape index (κ3) is 6.46. The van der Waals surface area contributed by atoms with Gasteiger partial charge < -0.3 is 19.6 Å². The second-order valence-corrected chi connectivity index (χ2v) is 13.5. The second kappa shape index (κ2) is 13.4. The lowest BCUT2D eigenvalue weighted by molar-refractivity contribution is -0.141. The molecule has 1 N–H and O–H groups in total. The van der Waals surface area contributed by atoms with Crippen LogP contribution in [0.3, 0.4) is 0 Å². The highest BCUT2D eigenvalue weighted by Crippen LogP contribution is 2.39. The van der Waals surface area contributed by atoms with Gasteiger partial charge in [0.15, 0.2) is 15.5 Å². The maximum Gasteiger partial charge on any atom is 0.435 e. The van der Waals surface area contributed by atoms with Gasteiger partial charge in [0.25, 0.3) is 11.8 Å². The maximum atomic E-state index is 14.4. The molecule has 0 bridgehead atoms. The van der Waals surface area contributed by atoms with Crippen molar-refractivity contribution >= 4 is 33.0 Å². The molecule has 0 atom stereocenters. The summed E-state index contributed by atoms with van der Waals surface area (Å²) in [7, 11) is -2.18. The Kier molecular flexibility index (Phi) is 9.25. The molecule has 10 nitrogen and oxygen atoms in total. The number of amides is 2. The first-order valence-electron chi connectivity index (χ1n) is 15.4. The summed E-state index contributed by atoms with van der Waals surface area (Å²) in [4.78, 5) is 31.1. The number of aliphatic hydroxyl groups excluding tert-OH is 1. The zero-order valence-electron chi connectivity index (χ0n) is 26.9. The van der Waals surface area contributed by atoms with Gasteiger partial charge in [0.05, 0.1) is 29.9 Å². The van der Waals surface area contributed by atoms with E-state index < -0.39 is 40.1 Å². The Hall–Kier alpha value is -5.47. The van der Waals surface area contributed by atoms with Crippen molar-refractivity contribution in [3.05, 3.63) is 120 Å². The summed E-state index contributed by atoms with van der Waals surface area (Å²) in [5.74, 6) is -1.21. The quantitative estimate of drug-likeness (QED) is 0.206. The Balaban J connectivity index is 1.46. The molecule has 0 unspecified atom stereocenters. The number of aromatic nitrogens is 2. The zero-order valence-corrected chi connectivity index (χ0v) is 27.7. The fourth-order valence-corrected chi connectivity index (χ4v) is 6.97. The number of alkyl halides is 3. The first kappa shape index (κ1) is 34.4. The third-order valence-electron chi connectivity index (χ3n) is 8.36. The SMILES string of the molecule is COc1ccc(-n2nc(C(F)(F)F)c3c2C(=O)N(c2ccc(-c4ccccc4S(C)(=O)=O)cc2)CC3)c(C(=O)N(CCO)c2ccccc2)c1.